The lowest BCUT2D eigenvalue weighted by atomic mass is 10.1. The minimum atomic E-state index is -4.54. The maximum Gasteiger partial charge on any atom is 0.418 e. The predicted octanol–water partition coefficient (Wildman–Crippen LogP) is 2.34. The van der Waals surface area contributed by atoms with Gasteiger partial charge >= 0.3 is 6.18 Å². The lowest BCUT2D eigenvalue weighted by Gasteiger charge is -2.26. The van der Waals surface area contributed by atoms with Gasteiger partial charge in [0.25, 0.3) is 0 Å². The largest absolute Gasteiger partial charge is 0.418 e. The maximum atomic E-state index is 12.8. The van der Waals surface area contributed by atoms with Crippen LogP contribution in [0.25, 0.3) is 0 Å². The van der Waals surface area contributed by atoms with Crippen molar-refractivity contribution < 1.29 is 22.7 Å². The van der Waals surface area contributed by atoms with Gasteiger partial charge in [-0.1, -0.05) is 0 Å². The van der Waals surface area contributed by atoms with Gasteiger partial charge in [-0.05, 0) is 31.2 Å². The molecule has 1 amide bonds. The van der Waals surface area contributed by atoms with Crippen molar-refractivity contribution in [2.45, 2.75) is 19.0 Å². The van der Waals surface area contributed by atoms with Crippen molar-refractivity contribution in [1.29, 1.82) is 0 Å². The molecule has 0 aromatic heterocycles. The number of morpholine rings is 1. The molecule has 1 fully saturated rings. The molecule has 1 aliphatic rings. The van der Waals surface area contributed by atoms with Crippen LogP contribution in [0.15, 0.2) is 18.2 Å². The normalized spacial score (nSPS) is 16.3. The van der Waals surface area contributed by atoms with Gasteiger partial charge in [-0.15, -0.1) is 0 Å². The van der Waals surface area contributed by atoms with Crippen molar-refractivity contribution in [1.82, 2.24) is 4.90 Å². The minimum Gasteiger partial charge on any atom is -0.398 e. The zero-order chi connectivity index (χ0) is 16.9. The van der Waals surface area contributed by atoms with Crippen LogP contribution in [0.1, 0.15) is 18.4 Å². The standard InChI is InChI=1S/C15H20F3N3O2/c16-15(17,18)12-10-11(3-4-13(12)19)20-14(22)2-1-5-21-6-8-23-9-7-21/h3-4,10H,1-2,5-9,19H2,(H,20,22). The van der Waals surface area contributed by atoms with E-state index in [1.165, 1.54) is 6.07 Å². The summed E-state index contributed by atoms with van der Waals surface area (Å²) in [4.78, 5) is 14.0. The van der Waals surface area contributed by atoms with E-state index in [4.69, 9.17) is 10.5 Å². The lowest BCUT2D eigenvalue weighted by Crippen LogP contribution is -2.37. The number of carbonyl (C=O) groups excluding carboxylic acids is 1. The predicted molar refractivity (Wildman–Crippen MR) is 81.0 cm³/mol. The summed E-state index contributed by atoms with van der Waals surface area (Å²) in [7, 11) is 0. The van der Waals surface area contributed by atoms with E-state index in [9.17, 15) is 18.0 Å². The van der Waals surface area contributed by atoms with E-state index in [1.807, 2.05) is 0 Å². The van der Waals surface area contributed by atoms with Gasteiger partial charge in [0, 0.05) is 30.9 Å². The molecule has 1 aromatic rings. The quantitative estimate of drug-likeness (QED) is 0.813. The molecule has 0 saturated carbocycles. The first-order chi connectivity index (χ1) is 10.9. The molecule has 128 valence electrons. The molecular formula is C15H20F3N3O2. The second-order valence-corrected chi connectivity index (χ2v) is 5.41. The third-order valence-electron chi connectivity index (χ3n) is 3.62. The summed E-state index contributed by atoms with van der Waals surface area (Å²) in [6.07, 6.45) is -3.64. The van der Waals surface area contributed by atoms with E-state index in [1.54, 1.807) is 0 Å². The number of nitrogens with one attached hydrogen (secondary N) is 1. The summed E-state index contributed by atoms with van der Waals surface area (Å²) in [5, 5.41) is 2.48. The molecule has 1 aromatic carbocycles. The van der Waals surface area contributed by atoms with Crippen molar-refractivity contribution in [3.8, 4) is 0 Å². The molecule has 2 rings (SSSR count). The van der Waals surface area contributed by atoms with Gasteiger partial charge in [-0.25, -0.2) is 0 Å². The molecule has 0 radical (unpaired) electrons. The molecule has 5 nitrogen and oxygen atoms in total. The molecule has 0 bridgehead atoms. The Kier molecular flexibility index (Phi) is 5.84. The highest BCUT2D eigenvalue weighted by molar-refractivity contribution is 5.91. The fourth-order valence-corrected chi connectivity index (χ4v) is 2.39. The number of rotatable bonds is 5. The highest BCUT2D eigenvalue weighted by atomic mass is 19.4. The zero-order valence-corrected chi connectivity index (χ0v) is 12.7. The van der Waals surface area contributed by atoms with Crippen molar-refractivity contribution in [2.75, 3.05) is 43.9 Å². The Labute approximate surface area is 132 Å². The minimum absolute atomic E-state index is 0.0999. The van der Waals surface area contributed by atoms with Gasteiger partial charge in [0.2, 0.25) is 5.91 Å². The van der Waals surface area contributed by atoms with E-state index < -0.39 is 11.7 Å². The number of carbonyl (C=O) groups is 1. The van der Waals surface area contributed by atoms with Crippen LogP contribution in [0.3, 0.4) is 0 Å². The van der Waals surface area contributed by atoms with Crippen LogP contribution in [-0.4, -0.2) is 43.7 Å². The highest BCUT2D eigenvalue weighted by Crippen LogP contribution is 2.35. The monoisotopic (exact) mass is 331 g/mol. The zero-order valence-electron chi connectivity index (χ0n) is 12.7. The van der Waals surface area contributed by atoms with E-state index >= 15 is 0 Å². The van der Waals surface area contributed by atoms with Gasteiger partial charge in [0.05, 0.1) is 18.8 Å². The molecule has 0 atom stereocenters. The van der Waals surface area contributed by atoms with Crippen molar-refractivity contribution >= 4 is 17.3 Å². The SMILES string of the molecule is Nc1ccc(NC(=O)CCCN2CCOCC2)cc1C(F)(F)F. The Bertz CT molecular complexity index is 543. The molecular weight excluding hydrogens is 311 g/mol. The number of amides is 1. The highest BCUT2D eigenvalue weighted by Gasteiger charge is 2.33. The van der Waals surface area contributed by atoms with Crippen LogP contribution < -0.4 is 11.1 Å². The molecule has 3 N–H and O–H groups in total. The molecule has 1 saturated heterocycles. The number of nitrogens with two attached hydrogens (primary N) is 1. The second kappa shape index (κ2) is 7.65. The van der Waals surface area contributed by atoms with Crippen LogP contribution in [-0.2, 0) is 15.7 Å². The maximum absolute atomic E-state index is 12.8. The Morgan fingerprint density at radius 2 is 2.00 bits per heavy atom. The topological polar surface area (TPSA) is 67.6 Å². The van der Waals surface area contributed by atoms with Gasteiger partial charge < -0.3 is 15.8 Å². The fourth-order valence-electron chi connectivity index (χ4n) is 2.39. The smallest absolute Gasteiger partial charge is 0.398 e. The summed E-state index contributed by atoms with van der Waals surface area (Å²) >= 11 is 0. The first kappa shape index (κ1) is 17.6. The third-order valence-corrected chi connectivity index (χ3v) is 3.62. The molecule has 1 aliphatic heterocycles. The number of hydrogen-bond acceptors (Lipinski definition) is 4. The van der Waals surface area contributed by atoms with Crippen LogP contribution >= 0.6 is 0 Å². The molecule has 0 aliphatic carbocycles. The van der Waals surface area contributed by atoms with Gasteiger partial charge in [0.1, 0.15) is 0 Å². The van der Waals surface area contributed by atoms with E-state index in [2.05, 4.69) is 10.2 Å². The van der Waals surface area contributed by atoms with Crippen molar-refractivity contribution in [3.05, 3.63) is 23.8 Å². The summed E-state index contributed by atoms with van der Waals surface area (Å²) in [5.74, 6) is -0.309. The van der Waals surface area contributed by atoms with Crippen LogP contribution in [0.5, 0.6) is 0 Å². The lowest BCUT2D eigenvalue weighted by molar-refractivity contribution is -0.136. The van der Waals surface area contributed by atoms with Crippen LogP contribution in [0.2, 0.25) is 0 Å². The molecule has 0 unspecified atom stereocenters. The molecule has 8 heteroatoms. The molecule has 23 heavy (non-hydrogen) atoms. The van der Waals surface area contributed by atoms with Crippen LogP contribution in [0.4, 0.5) is 24.5 Å². The summed E-state index contributed by atoms with van der Waals surface area (Å²) in [5.41, 5.74) is 4.12. The average Bonchev–Trinajstić information content (AvgIpc) is 2.49. The number of nitrogens with zero attached hydrogens (tertiary/aromatic N) is 1. The van der Waals surface area contributed by atoms with Crippen molar-refractivity contribution in [3.63, 3.8) is 0 Å². The Morgan fingerprint density at radius 3 is 2.65 bits per heavy atom. The Hall–Kier alpha value is -1.80. The Morgan fingerprint density at radius 1 is 1.30 bits per heavy atom. The Balaban J connectivity index is 1.83. The third kappa shape index (κ3) is 5.40. The summed E-state index contributed by atoms with van der Waals surface area (Å²) < 4.78 is 43.5. The summed E-state index contributed by atoms with van der Waals surface area (Å²) in [6.45, 7) is 3.84. The number of benzene rings is 1. The number of hydrogen-bond donors (Lipinski definition) is 2. The number of nitrogen functional groups attached to an aromatic ring is 1. The number of anilines is 2. The fraction of sp³-hybridized carbons (Fsp3) is 0.533. The first-order valence-electron chi connectivity index (χ1n) is 7.43. The van der Waals surface area contributed by atoms with Gasteiger partial charge in [-0.3, -0.25) is 9.69 Å². The van der Waals surface area contributed by atoms with E-state index in [0.717, 1.165) is 31.8 Å². The summed E-state index contributed by atoms with van der Waals surface area (Å²) in [6, 6.07) is 3.37. The number of alkyl halides is 3. The molecule has 1 heterocycles. The number of ether oxygens (including phenoxy) is 1. The average molecular weight is 331 g/mol. The van der Waals surface area contributed by atoms with Gasteiger partial charge in [-0.2, -0.15) is 13.2 Å². The van der Waals surface area contributed by atoms with Gasteiger partial charge in [0.15, 0.2) is 0 Å². The van der Waals surface area contributed by atoms with E-state index in [0.29, 0.717) is 19.6 Å². The molecule has 0 spiro atoms. The van der Waals surface area contributed by atoms with Crippen LogP contribution in [0, 0.1) is 0 Å². The first-order valence-corrected chi connectivity index (χ1v) is 7.43. The number of halogens is 3. The second-order valence-electron chi connectivity index (χ2n) is 5.41. The van der Waals surface area contributed by atoms with E-state index in [-0.39, 0.29) is 23.7 Å². The van der Waals surface area contributed by atoms with Crippen molar-refractivity contribution in [2.24, 2.45) is 0 Å².